The van der Waals surface area contributed by atoms with E-state index in [1.165, 1.54) is 16.6 Å². The lowest BCUT2D eigenvalue weighted by atomic mass is 9.88. The summed E-state index contributed by atoms with van der Waals surface area (Å²) in [5.41, 5.74) is 2.89. The molecule has 1 aromatic carbocycles. The van der Waals surface area contributed by atoms with Crippen molar-refractivity contribution in [2.24, 2.45) is 0 Å². The van der Waals surface area contributed by atoms with E-state index in [2.05, 4.69) is 22.4 Å². The average molecular weight is 258 g/mol. The van der Waals surface area contributed by atoms with Crippen LogP contribution < -0.4 is 5.32 Å². The Labute approximate surface area is 112 Å². The Bertz CT molecular complexity index is 632. The van der Waals surface area contributed by atoms with Gasteiger partial charge < -0.3 is 9.72 Å². The van der Waals surface area contributed by atoms with Crippen molar-refractivity contribution in [1.82, 2.24) is 10.3 Å². The van der Waals surface area contributed by atoms with Gasteiger partial charge >= 0.3 is 5.97 Å². The van der Waals surface area contributed by atoms with Crippen molar-refractivity contribution in [3.8, 4) is 0 Å². The van der Waals surface area contributed by atoms with Gasteiger partial charge in [-0.1, -0.05) is 18.2 Å². The van der Waals surface area contributed by atoms with E-state index in [1.54, 1.807) is 0 Å². The van der Waals surface area contributed by atoms with Crippen molar-refractivity contribution in [1.29, 1.82) is 0 Å². The third-order valence-corrected chi connectivity index (χ3v) is 3.81. The van der Waals surface area contributed by atoms with E-state index in [1.807, 2.05) is 26.0 Å². The third-order valence-electron chi connectivity index (χ3n) is 3.81. The summed E-state index contributed by atoms with van der Waals surface area (Å²) in [7, 11) is 0. The number of esters is 1. The molecule has 4 nitrogen and oxygen atoms in total. The fourth-order valence-electron chi connectivity index (χ4n) is 2.74. The van der Waals surface area contributed by atoms with Crippen LogP contribution >= 0.6 is 0 Å². The molecule has 0 aliphatic carbocycles. The first-order valence-electron chi connectivity index (χ1n) is 6.65. The fraction of sp³-hybridized carbons (Fsp3) is 0.400. The van der Waals surface area contributed by atoms with E-state index >= 15 is 0 Å². The van der Waals surface area contributed by atoms with Gasteiger partial charge in [0.05, 0.1) is 6.61 Å². The molecule has 0 saturated heterocycles. The van der Waals surface area contributed by atoms with Crippen LogP contribution in [0.4, 0.5) is 0 Å². The number of hydrogen-bond donors (Lipinski definition) is 2. The maximum Gasteiger partial charge on any atom is 0.326 e. The highest BCUT2D eigenvalue weighted by Crippen LogP contribution is 2.30. The number of nitrogens with one attached hydrogen (secondary N) is 2. The van der Waals surface area contributed by atoms with E-state index < -0.39 is 5.54 Å². The highest BCUT2D eigenvalue weighted by Gasteiger charge is 2.39. The Morgan fingerprint density at radius 1 is 1.42 bits per heavy atom. The van der Waals surface area contributed by atoms with Crippen LogP contribution in [0.3, 0.4) is 0 Å². The first-order valence-corrected chi connectivity index (χ1v) is 6.65. The molecule has 0 spiro atoms. The summed E-state index contributed by atoms with van der Waals surface area (Å²) in [5, 5.41) is 4.49. The first kappa shape index (κ1) is 12.2. The summed E-state index contributed by atoms with van der Waals surface area (Å²) < 4.78 is 5.18. The van der Waals surface area contributed by atoms with E-state index in [0.717, 1.165) is 5.52 Å². The van der Waals surface area contributed by atoms with Gasteiger partial charge in [0.15, 0.2) is 0 Å². The number of carbonyl (C=O) groups is 1. The second-order valence-corrected chi connectivity index (χ2v) is 5.21. The summed E-state index contributed by atoms with van der Waals surface area (Å²) in [4.78, 5) is 15.5. The van der Waals surface area contributed by atoms with Gasteiger partial charge in [0.1, 0.15) is 5.54 Å². The van der Waals surface area contributed by atoms with Crippen LogP contribution in [-0.2, 0) is 22.5 Å². The van der Waals surface area contributed by atoms with Gasteiger partial charge in [0.25, 0.3) is 0 Å². The van der Waals surface area contributed by atoms with Crippen molar-refractivity contribution < 1.29 is 9.53 Å². The molecule has 0 saturated carbocycles. The number of ether oxygens (including phenoxy) is 1. The molecule has 2 N–H and O–H groups in total. The van der Waals surface area contributed by atoms with Crippen LogP contribution in [0.1, 0.15) is 25.1 Å². The number of aromatic amines is 1. The molecule has 1 aliphatic rings. The van der Waals surface area contributed by atoms with Gasteiger partial charge in [0.2, 0.25) is 0 Å². The maximum absolute atomic E-state index is 12.1. The van der Waals surface area contributed by atoms with Gasteiger partial charge in [-0.05, 0) is 25.5 Å². The Hall–Kier alpha value is -1.81. The minimum atomic E-state index is -0.631. The third kappa shape index (κ3) is 1.92. The van der Waals surface area contributed by atoms with E-state index in [-0.39, 0.29) is 5.97 Å². The lowest BCUT2D eigenvalue weighted by Gasteiger charge is -2.32. The number of hydrogen-bond acceptors (Lipinski definition) is 3. The molecule has 3 rings (SSSR count). The predicted molar refractivity (Wildman–Crippen MR) is 73.9 cm³/mol. The van der Waals surface area contributed by atoms with Crippen LogP contribution in [0.2, 0.25) is 0 Å². The van der Waals surface area contributed by atoms with Gasteiger partial charge in [-0.3, -0.25) is 10.1 Å². The molecule has 0 fully saturated rings. The van der Waals surface area contributed by atoms with Crippen molar-refractivity contribution in [3.63, 3.8) is 0 Å². The molecule has 0 radical (unpaired) electrons. The molecule has 4 heteroatoms. The topological polar surface area (TPSA) is 54.1 Å². The van der Waals surface area contributed by atoms with Crippen molar-refractivity contribution in [3.05, 3.63) is 35.5 Å². The number of H-pyrrole nitrogens is 1. The minimum Gasteiger partial charge on any atom is -0.465 e. The predicted octanol–water partition coefficient (Wildman–Crippen LogP) is 2.14. The van der Waals surface area contributed by atoms with Crippen molar-refractivity contribution >= 4 is 16.9 Å². The van der Waals surface area contributed by atoms with Crippen LogP contribution in [0, 0.1) is 0 Å². The first-order chi connectivity index (χ1) is 9.14. The Kier molecular flexibility index (Phi) is 2.82. The van der Waals surface area contributed by atoms with Gasteiger partial charge in [0, 0.05) is 29.6 Å². The number of fused-ring (bicyclic) bond motifs is 3. The number of rotatable bonds is 2. The summed E-state index contributed by atoms with van der Waals surface area (Å²) in [6.45, 7) is 4.83. The molecule has 19 heavy (non-hydrogen) atoms. The van der Waals surface area contributed by atoms with E-state index in [4.69, 9.17) is 4.74 Å². The minimum absolute atomic E-state index is 0.175. The summed E-state index contributed by atoms with van der Waals surface area (Å²) in [6.07, 6.45) is 0.658. The van der Waals surface area contributed by atoms with Crippen LogP contribution in [0.5, 0.6) is 0 Å². The summed E-state index contributed by atoms with van der Waals surface area (Å²) in [5.74, 6) is -0.175. The van der Waals surface area contributed by atoms with Gasteiger partial charge in [-0.2, -0.15) is 0 Å². The lowest BCUT2D eigenvalue weighted by Crippen LogP contribution is -2.54. The van der Waals surface area contributed by atoms with Crippen molar-refractivity contribution in [2.45, 2.75) is 32.4 Å². The van der Waals surface area contributed by atoms with Crippen LogP contribution in [-0.4, -0.2) is 23.1 Å². The molecule has 0 amide bonds. The lowest BCUT2D eigenvalue weighted by molar-refractivity contribution is -0.150. The monoisotopic (exact) mass is 258 g/mol. The molecule has 100 valence electrons. The quantitative estimate of drug-likeness (QED) is 0.811. The number of para-hydroxylation sites is 1. The molecular formula is C15H18N2O2. The highest BCUT2D eigenvalue weighted by molar-refractivity contribution is 5.88. The summed E-state index contributed by atoms with van der Waals surface area (Å²) in [6, 6.07) is 8.21. The average Bonchev–Trinajstić information content (AvgIpc) is 2.77. The molecule has 1 atom stereocenters. The SMILES string of the molecule is CCOC(=O)C1(C)Cc2c([nH]c3ccccc23)CN1. The molecule has 0 bridgehead atoms. The van der Waals surface area contributed by atoms with Crippen molar-refractivity contribution in [2.75, 3.05) is 6.61 Å². The smallest absolute Gasteiger partial charge is 0.326 e. The zero-order chi connectivity index (χ0) is 13.5. The molecular weight excluding hydrogens is 240 g/mol. The van der Waals surface area contributed by atoms with Crippen LogP contribution in [0.25, 0.3) is 10.9 Å². The zero-order valence-electron chi connectivity index (χ0n) is 11.2. The molecule has 2 heterocycles. The highest BCUT2D eigenvalue weighted by atomic mass is 16.5. The standard InChI is InChI=1S/C15H18N2O2/c1-3-19-14(18)15(2)8-11-10-6-4-5-7-12(10)17-13(11)9-16-15/h4-7,16-17H,3,8-9H2,1-2H3. The normalized spacial score (nSPS) is 22.2. The van der Waals surface area contributed by atoms with Gasteiger partial charge in [-0.25, -0.2) is 0 Å². The zero-order valence-corrected chi connectivity index (χ0v) is 11.2. The van der Waals surface area contributed by atoms with E-state index in [9.17, 15) is 4.79 Å². The van der Waals surface area contributed by atoms with Crippen LogP contribution in [0.15, 0.2) is 24.3 Å². The number of aromatic nitrogens is 1. The maximum atomic E-state index is 12.1. The molecule has 1 aromatic heterocycles. The Morgan fingerprint density at radius 2 is 2.21 bits per heavy atom. The summed E-state index contributed by atoms with van der Waals surface area (Å²) >= 11 is 0. The largest absolute Gasteiger partial charge is 0.465 e. The Balaban J connectivity index is 2.01. The Morgan fingerprint density at radius 3 is 3.00 bits per heavy atom. The number of benzene rings is 1. The molecule has 1 aliphatic heterocycles. The second kappa shape index (κ2) is 4.38. The molecule has 2 aromatic rings. The fourth-order valence-corrected chi connectivity index (χ4v) is 2.74. The number of carbonyl (C=O) groups excluding carboxylic acids is 1. The molecule has 1 unspecified atom stereocenters. The second-order valence-electron chi connectivity index (χ2n) is 5.21. The van der Waals surface area contributed by atoms with E-state index in [0.29, 0.717) is 19.6 Å². The van der Waals surface area contributed by atoms with Gasteiger partial charge in [-0.15, -0.1) is 0 Å².